The van der Waals surface area contributed by atoms with Crippen LogP contribution in [0.3, 0.4) is 0 Å². The van der Waals surface area contributed by atoms with E-state index in [0.29, 0.717) is 30.1 Å². The number of aromatic carboxylic acids is 1. The van der Waals surface area contributed by atoms with Crippen LogP contribution in [0.2, 0.25) is 5.02 Å². The molecule has 0 spiro atoms. The third kappa shape index (κ3) is 6.06. The van der Waals surface area contributed by atoms with Crippen molar-refractivity contribution < 1.29 is 19.4 Å². The molecule has 9 nitrogen and oxygen atoms in total. The van der Waals surface area contributed by atoms with E-state index in [2.05, 4.69) is 9.88 Å². The normalized spacial score (nSPS) is 18.2. The number of pyridine rings is 2. The number of aromatic nitrogens is 4. The Labute approximate surface area is 231 Å². The summed E-state index contributed by atoms with van der Waals surface area (Å²) in [4.78, 5) is 27.8. The standard InChI is InChI=1S/C29H30ClN5O4/c30-20-6-4-19(5-7-20)16-21-2-1-3-27(31-21)39-22-10-13-34(14-11-22)18-26-32-24-8-9-25(29(36)37)33-28(24)35(26)17-23-12-15-38-23/h1-9,22-23H,10-18H2,(H,36,37). The van der Waals surface area contributed by atoms with Gasteiger partial charge in [-0.2, -0.15) is 0 Å². The van der Waals surface area contributed by atoms with Gasteiger partial charge in [-0.15, -0.1) is 0 Å². The maximum atomic E-state index is 11.5. The zero-order valence-corrected chi connectivity index (χ0v) is 22.3. The number of fused-ring (bicyclic) bond motifs is 1. The predicted molar refractivity (Wildman–Crippen MR) is 146 cm³/mol. The van der Waals surface area contributed by atoms with E-state index in [4.69, 9.17) is 31.0 Å². The van der Waals surface area contributed by atoms with E-state index in [9.17, 15) is 9.90 Å². The molecular formula is C29H30ClN5O4. The minimum atomic E-state index is -1.04. The van der Waals surface area contributed by atoms with Gasteiger partial charge in [-0.25, -0.2) is 19.7 Å². The largest absolute Gasteiger partial charge is 0.477 e. The Morgan fingerprint density at radius 2 is 1.82 bits per heavy atom. The molecule has 39 heavy (non-hydrogen) atoms. The van der Waals surface area contributed by atoms with Crippen molar-refractivity contribution in [2.75, 3.05) is 19.7 Å². The van der Waals surface area contributed by atoms with Crippen molar-refractivity contribution in [2.24, 2.45) is 0 Å². The topological polar surface area (TPSA) is 103 Å². The van der Waals surface area contributed by atoms with Crippen LogP contribution in [0.5, 0.6) is 5.88 Å². The van der Waals surface area contributed by atoms with Crippen LogP contribution in [0, 0.1) is 0 Å². The number of halogens is 1. The zero-order chi connectivity index (χ0) is 26.8. The highest BCUT2D eigenvalue weighted by Gasteiger charge is 2.26. The second-order valence-electron chi connectivity index (χ2n) is 10.1. The van der Waals surface area contributed by atoms with E-state index in [-0.39, 0.29) is 17.9 Å². The Morgan fingerprint density at radius 1 is 1.03 bits per heavy atom. The van der Waals surface area contributed by atoms with Gasteiger partial charge in [0.25, 0.3) is 0 Å². The van der Waals surface area contributed by atoms with Crippen LogP contribution >= 0.6 is 11.6 Å². The van der Waals surface area contributed by atoms with Gasteiger partial charge in [-0.05, 0) is 55.2 Å². The first-order valence-corrected chi connectivity index (χ1v) is 13.7. The fourth-order valence-corrected chi connectivity index (χ4v) is 5.23. The van der Waals surface area contributed by atoms with Gasteiger partial charge in [0.1, 0.15) is 17.4 Å². The predicted octanol–water partition coefficient (Wildman–Crippen LogP) is 4.60. The fourth-order valence-electron chi connectivity index (χ4n) is 5.10. The Kier molecular flexibility index (Phi) is 7.45. The molecule has 1 N–H and O–H groups in total. The van der Waals surface area contributed by atoms with Crippen LogP contribution in [0.4, 0.5) is 0 Å². The molecule has 3 aromatic heterocycles. The molecule has 0 amide bonds. The number of carboxylic acid groups (broad SMARTS) is 1. The molecule has 2 fully saturated rings. The van der Waals surface area contributed by atoms with Crippen molar-refractivity contribution in [3.8, 4) is 5.88 Å². The van der Waals surface area contributed by atoms with Crippen LogP contribution in [0.15, 0.2) is 54.6 Å². The van der Waals surface area contributed by atoms with Crippen molar-refractivity contribution in [2.45, 2.75) is 51.0 Å². The van der Waals surface area contributed by atoms with Crippen molar-refractivity contribution in [3.63, 3.8) is 0 Å². The van der Waals surface area contributed by atoms with Crippen LogP contribution in [-0.4, -0.2) is 67.4 Å². The second kappa shape index (κ2) is 11.3. The molecule has 1 aromatic carbocycles. The lowest BCUT2D eigenvalue weighted by atomic mass is 10.1. The summed E-state index contributed by atoms with van der Waals surface area (Å²) in [5.74, 6) is 0.493. The second-order valence-corrected chi connectivity index (χ2v) is 10.6. The molecule has 202 valence electrons. The maximum Gasteiger partial charge on any atom is 0.354 e. The first kappa shape index (κ1) is 25.7. The lowest BCUT2D eigenvalue weighted by Crippen LogP contribution is -2.39. The van der Waals surface area contributed by atoms with E-state index in [1.54, 1.807) is 6.07 Å². The molecule has 1 unspecified atom stereocenters. The molecular weight excluding hydrogens is 518 g/mol. The number of ether oxygens (including phenoxy) is 2. The summed E-state index contributed by atoms with van der Waals surface area (Å²) in [6.45, 7) is 3.78. The molecule has 1 atom stereocenters. The van der Waals surface area contributed by atoms with Gasteiger partial charge in [0, 0.05) is 42.9 Å². The summed E-state index contributed by atoms with van der Waals surface area (Å²) >= 11 is 6.00. The third-order valence-electron chi connectivity index (χ3n) is 7.34. The molecule has 2 saturated heterocycles. The van der Waals surface area contributed by atoms with Gasteiger partial charge < -0.3 is 19.1 Å². The molecule has 2 aliphatic heterocycles. The molecule has 5 heterocycles. The quantitative estimate of drug-likeness (QED) is 0.324. The molecule has 4 aromatic rings. The van der Waals surface area contributed by atoms with E-state index in [0.717, 1.165) is 67.5 Å². The van der Waals surface area contributed by atoms with Crippen LogP contribution in [0.1, 0.15) is 46.8 Å². The van der Waals surface area contributed by atoms with Crippen molar-refractivity contribution in [3.05, 3.63) is 82.4 Å². The number of carbonyl (C=O) groups is 1. The summed E-state index contributed by atoms with van der Waals surface area (Å²) in [5.41, 5.74) is 3.44. The molecule has 2 aliphatic rings. The van der Waals surface area contributed by atoms with Gasteiger partial charge in [-0.3, -0.25) is 4.90 Å². The number of imidazole rings is 1. The summed E-state index contributed by atoms with van der Waals surface area (Å²) in [7, 11) is 0. The Bertz CT molecular complexity index is 1460. The van der Waals surface area contributed by atoms with E-state index >= 15 is 0 Å². The first-order valence-electron chi connectivity index (χ1n) is 13.3. The van der Waals surface area contributed by atoms with Gasteiger partial charge in [0.05, 0.1) is 19.2 Å². The first-order chi connectivity index (χ1) is 19.0. The van der Waals surface area contributed by atoms with Crippen LogP contribution in [0.25, 0.3) is 11.2 Å². The molecule has 0 bridgehead atoms. The Hall–Kier alpha value is -3.53. The number of rotatable bonds is 9. The zero-order valence-electron chi connectivity index (χ0n) is 21.5. The van der Waals surface area contributed by atoms with Gasteiger partial charge in [-0.1, -0.05) is 29.8 Å². The summed E-state index contributed by atoms with van der Waals surface area (Å²) in [6, 6.07) is 17.0. The molecule has 0 radical (unpaired) electrons. The Morgan fingerprint density at radius 3 is 2.54 bits per heavy atom. The molecule has 10 heteroatoms. The summed E-state index contributed by atoms with van der Waals surface area (Å²) in [5, 5.41) is 10.1. The van der Waals surface area contributed by atoms with Crippen molar-refractivity contribution >= 4 is 28.7 Å². The number of hydrogen-bond donors (Lipinski definition) is 1. The fraction of sp³-hybridized carbons (Fsp3) is 0.379. The molecule has 0 aliphatic carbocycles. The highest BCUT2D eigenvalue weighted by Crippen LogP contribution is 2.24. The minimum absolute atomic E-state index is 0.0218. The number of hydrogen-bond acceptors (Lipinski definition) is 7. The van der Waals surface area contributed by atoms with Crippen LogP contribution in [-0.2, 0) is 24.2 Å². The number of carboxylic acids is 1. The summed E-state index contributed by atoms with van der Waals surface area (Å²) in [6.07, 6.45) is 3.69. The average molecular weight is 548 g/mol. The summed E-state index contributed by atoms with van der Waals surface area (Å²) < 4.78 is 14.0. The minimum Gasteiger partial charge on any atom is -0.477 e. The van der Waals surface area contributed by atoms with Gasteiger partial charge >= 0.3 is 5.97 Å². The van der Waals surface area contributed by atoms with Gasteiger partial charge in [0.2, 0.25) is 5.88 Å². The number of likely N-dealkylation sites (tertiary alicyclic amines) is 1. The highest BCUT2D eigenvalue weighted by atomic mass is 35.5. The molecule has 0 saturated carbocycles. The number of nitrogens with zero attached hydrogens (tertiary/aromatic N) is 5. The Balaban J connectivity index is 1.09. The SMILES string of the molecule is O=C(O)c1ccc2nc(CN3CCC(Oc4cccc(Cc5ccc(Cl)cc5)n4)CC3)n(CC3CCO3)c2n1. The average Bonchev–Trinajstić information content (AvgIpc) is 3.25. The maximum absolute atomic E-state index is 11.5. The lowest BCUT2D eigenvalue weighted by Gasteiger charge is -2.32. The highest BCUT2D eigenvalue weighted by molar-refractivity contribution is 6.30. The van der Waals surface area contributed by atoms with Crippen molar-refractivity contribution in [1.82, 2.24) is 24.4 Å². The lowest BCUT2D eigenvalue weighted by molar-refractivity contribution is -0.0593. The van der Waals surface area contributed by atoms with Gasteiger partial charge in [0.15, 0.2) is 11.3 Å². The van der Waals surface area contributed by atoms with E-state index in [1.165, 1.54) is 6.07 Å². The van der Waals surface area contributed by atoms with Crippen molar-refractivity contribution in [1.29, 1.82) is 0 Å². The van der Waals surface area contributed by atoms with E-state index < -0.39 is 5.97 Å². The monoisotopic (exact) mass is 547 g/mol. The number of benzene rings is 1. The smallest absolute Gasteiger partial charge is 0.354 e. The molecule has 6 rings (SSSR count). The third-order valence-corrected chi connectivity index (χ3v) is 7.59. The van der Waals surface area contributed by atoms with Crippen LogP contribution < -0.4 is 4.74 Å². The van der Waals surface area contributed by atoms with E-state index in [1.807, 2.05) is 47.0 Å². The number of piperidine rings is 1.